The van der Waals surface area contributed by atoms with Gasteiger partial charge in [-0.05, 0) is 37.2 Å². The van der Waals surface area contributed by atoms with Gasteiger partial charge in [0.25, 0.3) is 0 Å². The van der Waals surface area contributed by atoms with E-state index in [1.54, 1.807) is 14.2 Å². The van der Waals surface area contributed by atoms with Gasteiger partial charge in [0.15, 0.2) is 11.5 Å². The molecule has 0 bridgehead atoms. The van der Waals surface area contributed by atoms with Crippen molar-refractivity contribution in [3.63, 3.8) is 0 Å². The van der Waals surface area contributed by atoms with Gasteiger partial charge in [-0.1, -0.05) is 6.07 Å². The lowest BCUT2D eigenvalue weighted by atomic mass is 9.94. The third-order valence-electron chi connectivity index (χ3n) is 4.77. The summed E-state index contributed by atoms with van der Waals surface area (Å²) in [6.07, 6.45) is 0.912. The highest BCUT2D eigenvalue weighted by atomic mass is 16.7. The second kappa shape index (κ2) is 6.37. The molecule has 2 heterocycles. The van der Waals surface area contributed by atoms with E-state index < -0.39 is 0 Å². The number of hydrogen-bond acceptors (Lipinski definition) is 6. The van der Waals surface area contributed by atoms with Crippen molar-refractivity contribution >= 4 is 5.69 Å². The maximum atomic E-state index is 5.72. The van der Waals surface area contributed by atoms with Gasteiger partial charge in [-0.2, -0.15) is 0 Å². The Labute approximate surface area is 147 Å². The van der Waals surface area contributed by atoms with Gasteiger partial charge >= 0.3 is 0 Å². The molecule has 0 aromatic heterocycles. The van der Waals surface area contributed by atoms with Crippen LogP contribution in [0.1, 0.15) is 17.3 Å². The van der Waals surface area contributed by atoms with Crippen LogP contribution in [0.15, 0.2) is 30.3 Å². The highest BCUT2D eigenvalue weighted by Gasteiger charge is 2.34. The first-order chi connectivity index (χ1) is 12.2. The molecule has 0 saturated carbocycles. The van der Waals surface area contributed by atoms with Crippen molar-refractivity contribution in [2.24, 2.45) is 0 Å². The Hall–Kier alpha value is -2.60. The predicted octanol–water partition coefficient (Wildman–Crippen LogP) is 3.03. The van der Waals surface area contributed by atoms with Crippen LogP contribution in [-0.2, 0) is 6.42 Å². The first kappa shape index (κ1) is 15.9. The van der Waals surface area contributed by atoms with Crippen LogP contribution in [-0.4, -0.2) is 39.5 Å². The van der Waals surface area contributed by atoms with Crippen LogP contribution in [0.2, 0.25) is 0 Å². The molecule has 25 heavy (non-hydrogen) atoms. The Morgan fingerprint density at radius 2 is 2.04 bits per heavy atom. The van der Waals surface area contributed by atoms with Crippen LogP contribution in [0.25, 0.3) is 0 Å². The second-order valence-corrected chi connectivity index (χ2v) is 6.23. The number of hydrogen-bond donors (Lipinski definition) is 1. The van der Waals surface area contributed by atoms with Crippen LogP contribution in [0.4, 0.5) is 5.69 Å². The molecule has 1 atom stereocenters. The van der Waals surface area contributed by atoms with Crippen molar-refractivity contribution in [3.05, 3.63) is 41.5 Å². The molecule has 6 heteroatoms. The fraction of sp³-hybridized carbons (Fsp3) is 0.368. The molecule has 2 aliphatic rings. The number of nitrogens with one attached hydrogen (secondary N) is 1. The summed E-state index contributed by atoms with van der Waals surface area (Å²) in [6, 6.07) is 10.0. The van der Waals surface area contributed by atoms with Gasteiger partial charge in [0.05, 0.1) is 14.2 Å². The van der Waals surface area contributed by atoms with E-state index in [0.29, 0.717) is 5.75 Å². The smallest absolute Gasteiger partial charge is 0.231 e. The van der Waals surface area contributed by atoms with E-state index in [4.69, 9.17) is 18.9 Å². The monoisotopic (exact) mass is 342 g/mol. The Balaban J connectivity index is 1.77. The van der Waals surface area contributed by atoms with Crippen molar-refractivity contribution < 1.29 is 18.9 Å². The minimum atomic E-state index is -0.0275. The number of ether oxygens (including phenoxy) is 4. The van der Waals surface area contributed by atoms with Crippen LogP contribution < -0.4 is 24.3 Å². The molecule has 2 aromatic carbocycles. The average molecular weight is 342 g/mol. The molecule has 0 aliphatic carbocycles. The molecule has 2 aromatic rings. The second-order valence-electron chi connectivity index (χ2n) is 6.23. The number of rotatable bonds is 4. The average Bonchev–Trinajstić information content (AvgIpc) is 3.10. The summed E-state index contributed by atoms with van der Waals surface area (Å²) >= 11 is 0. The Bertz CT molecular complexity index is 793. The maximum Gasteiger partial charge on any atom is 0.231 e. The number of anilines is 1. The Morgan fingerprint density at radius 3 is 2.84 bits per heavy atom. The van der Waals surface area contributed by atoms with Gasteiger partial charge in [0.1, 0.15) is 11.9 Å². The lowest BCUT2D eigenvalue weighted by Gasteiger charge is -2.36. The number of nitrogens with zero attached hydrogens (tertiary/aromatic N) is 1. The highest BCUT2D eigenvalue weighted by molar-refractivity contribution is 5.63. The molecule has 1 unspecified atom stereocenters. The third kappa shape index (κ3) is 2.72. The van der Waals surface area contributed by atoms with Gasteiger partial charge in [0, 0.05) is 23.9 Å². The molecule has 6 nitrogen and oxygen atoms in total. The predicted molar refractivity (Wildman–Crippen MR) is 94.8 cm³/mol. The minimum Gasteiger partial charge on any atom is -0.497 e. The Morgan fingerprint density at radius 1 is 1.16 bits per heavy atom. The van der Waals surface area contributed by atoms with E-state index in [0.717, 1.165) is 41.5 Å². The van der Waals surface area contributed by atoms with Crippen LogP contribution in [0, 0.1) is 0 Å². The number of benzene rings is 2. The standard InChI is InChI=1S/C19H22N2O4/c1-21-8-7-12-9-15-17(25-11-24-15)18(23-3)16(12)19(21)20-13-5-4-6-14(10-13)22-2/h4-6,9-10,19-20H,7-8,11H2,1-3H3. The highest BCUT2D eigenvalue weighted by Crippen LogP contribution is 2.49. The summed E-state index contributed by atoms with van der Waals surface area (Å²) in [5.74, 6) is 3.02. The van der Waals surface area contributed by atoms with E-state index in [1.165, 1.54) is 5.56 Å². The normalized spacial score (nSPS) is 18.6. The van der Waals surface area contributed by atoms with E-state index >= 15 is 0 Å². The maximum absolute atomic E-state index is 5.72. The van der Waals surface area contributed by atoms with Crippen molar-refractivity contribution in [2.45, 2.75) is 12.6 Å². The lowest BCUT2D eigenvalue weighted by Crippen LogP contribution is -2.37. The van der Waals surface area contributed by atoms with Crippen molar-refractivity contribution in [3.8, 4) is 23.0 Å². The molecule has 1 N–H and O–H groups in total. The molecule has 4 rings (SSSR count). The number of fused-ring (bicyclic) bond motifs is 2. The summed E-state index contributed by atoms with van der Waals surface area (Å²) in [5, 5.41) is 3.60. The number of methoxy groups -OCH3 is 2. The van der Waals surface area contributed by atoms with Gasteiger partial charge in [-0.3, -0.25) is 4.90 Å². The summed E-state index contributed by atoms with van der Waals surface area (Å²) < 4.78 is 22.3. The summed E-state index contributed by atoms with van der Waals surface area (Å²) in [6.45, 7) is 1.18. The quantitative estimate of drug-likeness (QED) is 0.922. The zero-order chi connectivity index (χ0) is 17.4. The van der Waals surface area contributed by atoms with Crippen molar-refractivity contribution in [1.82, 2.24) is 4.90 Å². The largest absolute Gasteiger partial charge is 0.497 e. The van der Waals surface area contributed by atoms with E-state index in [1.807, 2.05) is 24.3 Å². The summed E-state index contributed by atoms with van der Waals surface area (Å²) in [7, 11) is 5.45. The van der Waals surface area contributed by atoms with Gasteiger partial charge in [-0.15, -0.1) is 0 Å². The lowest BCUT2D eigenvalue weighted by molar-refractivity contribution is 0.170. The SMILES string of the molecule is COc1cccc(NC2c3c(cc4c(c3OC)OCO4)CCN2C)c1. The first-order valence-electron chi connectivity index (χ1n) is 8.31. The molecule has 2 aliphatic heterocycles. The summed E-state index contributed by atoms with van der Waals surface area (Å²) in [4.78, 5) is 2.27. The van der Waals surface area contributed by atoms with Crippen LogP contribution >= 0.6 is 0 Å². The number of likely N-dealkylation sites (N-methyl/N-ethyl adjacent to an activating group) is 1. The zero-order valence-electron chi connectivity index (χ0n) is 14.7. The third-order valence-corrected chi connectivity index (χ3v) is 4.77. The van der Waals surface area contributed by atoms with E-state index in [2.05, 4.69) is 23.3 Å². The fourth-order valence-electron chi connectivity index (χ4n) is 3.49. The summed E-state index contributed by atoms with van der Waals surface area (Å²) in [5.41, 5.74) is 3.31. The van der Waals surface area contributed by atoms with E-state index in [9.17, 15) is 0 Å². The van der Waals surface area contributed by atoms with Crippen LogP contribution in [0.5, 0.6) is 23.0 Å². The zero-order valence-corrected chi connectivity index (χ0v) is 14.7. The van der Waals surface area contributed by atoms with Crippen LogP contribution in [0.3, 0.4) is 0 Å². The topological polar surface area (TPSA) is 52.2 Å². The minimum absolute atomic E-state index is 0.0275. The van der Waals surface area contributed by atoms with Crippen molar-refractivity contribution in [2.75, 3.05) is 39.9 Å². The van der Waals surface area contributed by atoms with Gasteiger partial charge in [-0.25, -0.2) is 0 Å². The molecule has 0 radical (unpaired) electrons. The molecule has 0 spiro atoms. The molecular formula is C19H22N2O4. The van der Waals surface area contributed by atoms with Gasteiger partial charge in [0.2, 0.25) is 12.5 Å². The fourth-order valence-corrected chi connectivity index (χ4v) is 3.49. The first-order valence-corrected chi connectivity index (χ1v) is 8.31. The Kier molecular flexibility index (Phi) is 4.05. The molecule has 0 amide bonds. The molecular weight excluding hydrogens is 320 g/mol. The van der Waals surface area contributed by atoms with Gasteiger partial charge < -0.3 is 24.3 Å². The molecule has 0 saturated heterocycles. The van der Waals surface area contributed by atoms with Crippen molar-refractivity contribution in [1.29, 1.82) is 0 Å². The molecule has 0 fully saturated rings. The molecule has 132 valence electrons. The van der Waals surface area contributed by atoms with E-state index in [-0.39, 0.29) is 13.0 Å².